The SMILES string of the molecule is C=C1C=C(C2CC2)c2cc(N(C)c3ccc(C#N)cc3)ccc2N1CC. The molecule has 2 aromatic carbocycles. The Morgan fingerprint density at radius 1 is 1.15 bits per heavy atom. The molecular formula is C23H23N3. The molecule has 1 fully saturated rings. The molecule has 0 bridgehead atoms. The lowest BCUT2D eigenvalue weighted by Gasteiger charge is -2.33. The molecule has 4 rings (SSSR count). The highest BCUT2D eigenvalue weighted by atomic mass is 15.1. The molecule has 2 aliphatic rings. The summed E-state index contributed by atoms with van der Waals surface area (Å²) in [6.45, 7) is 7.35. The van der Waals surface area contributed by atoms with E-state index in [1.807, 2.05) is 24.3 Å². The first kappa shape index (κ1) is 16.5. The van der Waals surface area contributed by atoms with Gasteiger partial charge in [0.2, 0.25) is 0 Å². The molecule has 1 aliphatic heterocycles. The molecule has 1 saturated carbocycles. The van der Waals surface area contributed by atoms with Crippen LogP contribution < -0.4 is 9.80 Å². The zero-order chi connectivity index (χ0) is 18.3. The fourth-order valence-corrected chi connectivity index (χ4v) is 3.70. The molecule has 0 radical (unpaired) electrons. The van der Waals surface area contributed by atoms with E-state index in [0.717, 1.165) is 23.6 Å². The zero-order valence-electron chi connectivity index (χ0n) is 15.4. The Labute approximate surface area is 155 Å². The summed E-state index contributed by atoms with van der Waals surface area (Å²) in [6, 6.07) is 16.6. The lowest BCUT2D eigenvalue weighted by molar-refractivity contribution is 0.960. The quantitative estimate of drug-likeness (QED) is 0.738. The van der Waals surface area contributed by atoms with Gasteiger partial charge in [-0.3, -0.25) is 0 Å². The number of anilines is 3. The van der Waals surface area contributed by atoms with Gasteiger partial charge >= 0.3 is 0 Å². The van der Waals surface area contributed by atoms with Gasteiger partial charge in [0.25, 0.3) is 0 Å². The third kappa shape index (κ3) is 2.78. The maximum absolute atomic E-state index is 8.99. The number of hydrogen-bond donors (Lipinski definition) is 0. The molecule has 0 N–H and O–H groups in total. The lowest BCUT2D eigenvalue weighted by Crippen LogP contribution is -2.25. The van der Waals surface area contributed by atoms with Crippen LogP contribution in [0.4, 0.5) is 17.1 Å². The van der Waals surface area contributed by atoms with Crippen molar-refractivity contribution in [2.75, 3.05) is 23.4 Å². The van der Waals surface area contributed by atoms with Gasteiger partial charge in [0, 0.05) is 41.9 Å². The summed E-state index contributed by atoms with van der Waals surface area (Å²) in [6.07, 6.45) is 4.83. The molecule has 3 heteroatoms. The van der Waals surface area contributed by atoms with Crippen LogP contribution in [0, 0.1) is 17.2 Å². The maximum atomic E-state index is 8.99. The molecular weight excluding hydrogens is 318 g/mol. The molecule has 130 valence electrons. The molecule has 0 unspecified atom stereocenters. The summed E-state index contributed by atoms with van der Waals surface area (Å²) in [5, 5.41) is 8.99. The van der Waals surface area contributed by atoms with Crippen molar-refractivity contribution in [3.8, 4) is 6.07 Å². The second-order valence-electron chi connectivity index (χ2n) is 7.03. The second kappa shape index (κ2) is 6.38. The number of fused-ring (bicyclic) bond motifs is 1. The van der Waals surface area contributed by atoms with E-state index < -0.39 is 0 Å². The van der Waals surface area contributed by atoms with Crippen LogP contribution in [0.1, 0.15) is 30.9 Å². The molecule has 3 nitrogen and oxygen atoms in total. The Kier molecular flexibility index (Phi) is 4.05. The zero-order valence-corrected chi connectivity index (χ0v) is 15.4. The average Bonchev–Trinajstić information content (AvgIpc) is 3.52. The number of rotatable bonds is 4. The van der Waals surface area contributed by atoms with E-state index in [0.29, 0.717) is 11.5 Å². The standard InChI is InChI=1S/C23H23N3/c1-4-26-16(2)13-21(18-7-8-18)22-14-20(11-12-23(22)26)25(3)19-9-5-17(15-24)6-10-19/h5-6,9-14,18H,2,4,7-8H2,1,3H3. The molecule has 0 atom stereocenters. The van der Waals surface area contributed by atoms with Crippen LogP contribution in [0.5, 0.6) is 0 Å². The van der Waals surface area contributed by atoms with E-state index in [1.54, 1.807) is 0 Å². The van der Waals surface area contributed by atoms with Gasteiger partial charge in [0.1, 0.15) is 0 Å². The van der Waals surface area contributed by atoms with Crippen molar-refractivity contribution in [2.45, 2.75) is 19.8 Å². The third-order valence-corrected chi connectivity index (χ3v) is 5.36. The number of allylic oxidation sites excluding steroid dienone is 2. The largest absolute Gasteiger partial charge is 0.345 e. The van der Waals surface area contributed by atoms with Crippen molar-refractivity contribution >= 4 is 22.6 Å². The first-order chi connectivity index (χ1) is 12.6. The van der Waals surface area contributed by atoms with E-state index in [9.17, 15) is 0 Å². The molecule has 2 aromatic rings. The molecule has 0 amide bonds. The minimum Gasteiger partial charge on any atom is -0.345 e. The summed E-state index contributed by atoms with van der Waals surface area (Å²) in [5.41, 5.74) is 8.04. The average molecular weight is 341 g/mol. The monoisotopic (exact) mass is 341 g/mol. The topological polar surface area (TPSA) is 30.3 Å². The molecule has 1 heterocycles. The fourth-order valence-electron chi connectivity index (χ4n) is 3.70. The van der Waals surface area contributed by atoms with Crippen LogP contribution in [0.25, 0.3) is 5.57 Å². The van der Waals surface area contributed by atoms with Crippen molar-refractivity contribution in [1.29, 1.82) is 5.26 Å². The summed E-state index contributed by atoms with van der Waals surface area (Å²) in [4.78, 5) is 4.46. The first-order valence-electron chi connectivity index (χ1n) is 9.18. The van der Waals surface area contributed by atoms with Gasteiger partial charge in [0.15, 0.2) is 0 Å². The van der Waals surface area contributed by atoms with Crippen LogP contribution in [-0.4, -0.2) is 13.6 Å². The summed E-state index contributed by atoms with van der Waals surface area (Å²) in [7, 11) is 2.07. The minimum absolute atomic E-state index is 0.681. The van der Waals surface area contributed by atoms with Crippen LogP contribution in [0.3, 0.4) is 0 Å². The fraction of sp³-hybridized carbons (Fsp3) is 0.261. The number of likely N-dealkylation sites (N-methyl/N-ethyl adjacent to an activating group) is 1. The van der Waals surface area contributed by atoms with E-state index in [2.05, 4.69) is 60.7 Å². The lowest BCUT2D eigenvalue weighted by atomic mass is 9.93. The second-order valence-corrected chi connectivity index (χ2v) is 7.03. The molecule has 0 spiro atoms. The van der Waals surface area contributed by atoms with E-state index in [1.165, 1.54) is 29.7 Å². The number of nitrogens with zero attached hydrogens (tertiary/aromatic N) is 3. The Morgan fingerprint density at radius 2 is 1.85 bits per heavy atom. The van der Waals surface area contributed by atoms with Gasteiger partial charge in [0.05, 0.1) is 11.6 Å². The smallest absolute Gasteiger partial charge is 0.0991 e. The van der Waals surface area contributed by atoms with Gasteiger partial charge in [-0.25, -0.2) is 0 Å². The molecule has 26 heavy (non-hydrogen) atoms. The number of nitriles is 1. The highest BCUT2D eigenvalue weighted by Gasteiger charge is 2.32. The maximum Gasteiger partial charge on any atom is 0.0991 e. The Hall–Kier alpha value is -2.99. The Morgan fingerprint density at radius 3 is 2.46 bits per heavy atom. The van der Waals surface area contributed by atoms with Crippen LogP contribution in [0.2, 0.25) is 0 Å². The van der Waals surface area contributed by atoms with Gasteiger partial charge in [-0.2, -0.15) is 5.26 Å². The van der Waals surface area contributed by atoms with Crippen molar-refractivity contribution in [2.24, 2.45) is 5.92 Å². The number of hydrogen-bond acceptors (Lipinski definition) is 3. The molecule has 0 aromatic heterocycles. The van der Waals surface area contributed by atoms with Crippen molar-refractivity contribution in [3.05, 3.63) is 71.9 Å². The van der Waals surface area contributed by atoms with E-state index in [4.69, 9.17) is 5.26 Å². The first-order valence-corrected chi connectivity index (χ1v) is 9.18. The predicted octanol–water partition coefficient (Wildman–Crippen LogP) is 5.47. The summed E-state index contributed by atoms with van der Waals surface area (Å²) < 4.78 is 0. The molecule has 1 aliphatic carbocycles. The van der Waals surface area contributed by atoms with E-state index in [-0.39, 0.29) is 0 Å². The van der Waals surface area contributed by atoms with Gasteiger partial charge in [-0.1, -0.05) is 6.58 Å². The predicted molar refractivity (Wildman–Crippen MR) is 109 cm³/mol. The Balaban J connectivity index is 1.74. The molecule has 0 saturated heterocycles. The normalized spacial score (nSPS) is 16.0. The van der Waals surface area contributed by atoms with Crippen LogP contribution in [-0.2, 0) is 0 Å². The summed E-state index contributed by atoms with van der Waals surface area (Å²) in [5.74, 6) is 0.681. The third-order valence-electron chi connectivity index (χ3n) is 5.36. The van der Waals surface area contributed by atoms with Crippen molar-refractivity contribution in [1.82, 2.24) is 0 Å². The van der Waals surface area contributed by atoms with E-state index >= 15 is 0 Å². The van der Waals surface area contributed by atoms with Crippen LogP contribution in [0.15, 0.2) is 60.8 Å². The number of benzene rings is 2. The highest BCUT2D eigenvalue weighted by Crippen LogP contribution is 2.49. The Bertz CT molecular complexity index is 927. The van der Waals surface area contributed by atoms with Crippen molar-refractivity contribution < 1.29 is 0 Å². The summed E-state index contributed by atoms with van der Waals surface area (Å²) >= 11 is 0. The highest BCUT2D eigenvalue weighted by molar-refractivity contribution is 5.88. The van der Waals surface area contributed by atoms with Crippen LogP contribution >= 0.6 is 0 Å². The van der Waals surface area contributed by atoms with Gasteiger partial charge in [-0.05, 0) is 79.8 Å². The van der Waals surface area contributed by atoms with Gasteiger partial charge < -0.3 is 9.80 Å². The minimum atomic E-state index is 0.681. The van der Waals surface area contributed by atoms with Gasteiger partial charge in [-0.15, -0.1) is 0 Å². The van der Waals surface area contributed by atoms with Crippen molar-refractivity contribution in [3.63, 3.8) is 0 Å².